The molecule has 0 aliphatic heterocycles. The van der Waals surface area contributed by atoms with Gasteiger partial charge in [-0.25, -0.2) is 9.67 Å². The molecule has 6 heteroatoms. The van der Waals surface area contributed by atoms with Crippen molar-refractivity contribution in [2.75, 3.05) is 0 Å². The van der Waals surface area contributed by atoms with E-state index in [4.69, 9.17) is 23.2 Å². The molecule has 0 aliphatic rings. The fraction of sp³-hybridized carbons (Fsp3) is 0.385. The van der Waals surface area contributed by atoms with Crippen molar-refractivity contribution in [2.24, 2.45) is 0 Å². The lowest BCUT2D eigenvalue weighted by molar-refractivity contribution is 0.565. The lowest BCUT2D eigenvalue weighted by atomic mass is 10.2. The van der Waals surface area contributed by atoms with Crippen LogP contribution in [0.4, 0.5) is 0 Å². The number of nitrogens with zero attached hydrogens (tertiary/aromatic N) is 3. The number of hydrogen-bond acceptors (Lipinski definition) is 3. The van der Waals surface area contributed by atoms with E-state index in [1.807, 2.05) is 18.2 Å². The van der Waals surface area contributed by atoms with E-state index in [0.717, 1.165) is 11.4 Å². The Labute approximate surface area is 122 Å². The Bertz CT molecular complexity index is 531. The lowest BCUT2D eigenvalue weighted by Crippen LogP contribution is -2.22. The van der Waals surface area contributed by atoms with Gasteiger partial charge in [0.1, 0.15) is 6.33 Å². The van der Waals surface area contributed by atoms with Gasteiger partial charge in [0, 0.05) is 21.7 Å². The van der Waals surface area contributed by atoms with Gasteiger partial charge in [0.05, 0.1) is 13.1 Å². The van der Waals surface area contributed by atoms with Gasteiger partial charge in [0.2, 0.25) is 0 Å². The van der Waals surface area contributed by atoms with Crippen LogP contribution in [0.3, 0.4) is 0 Å². The van der Waals surface area contributed by atoms with Crippen LogP contribution >= 0.6 is 23.2 Å². The highest BCUT2D eigenvalue weighted by atomic mass is 35.5. The Morgan fingerprint density at radius 3 is 2.58 bits per heavy atom. The van der Waals surface area contributed by atoms with Gasteiger partial charge in [-0.05, 0) is 12.1 Å². The Kier molecular flexibility index (Phi) is 4.80. The first kappa shape index (κ1) is 14.3. The number of hydrogen-bond donors (Lipinski definition) is 1. The maximum Gasteiger partial charge on any atom is 0.164 e. The number of rotatable bonds is 5. The summed E-state index contributed by atoms with van der Waals surface area (Å²) in [5.41, 5.74) is 0.860. The van der Waals surface area contributed by atoms with Crippen molar-refractivity contribution in [3.63, 3.8) is 0 Å². The summed E-state index contributed by atoms with van der Waals surface area (Å²) in [4.78, 5) is 4.25. The summed E-state index contributed by atoms with van der Waals surface area (Å²) >= 11 is 12.3. The van der Waals surface area contributed by atoms with Crippen LogP contribution in [0, 0.1) is 0 Å². The van der Waals surface area contributed by atoms with E-state index in [0.29, 0.717) is 29.2 Å². The lowest BCUT2D eigenvalue weighted by Gasteiger charge is -2.06. The maximum absolute atomic E-state index is 6.13. The van der Waals surface area contributed by atoms with Crippen molar-refractivity contribution in [2.45, 2.75) is 33.0 Å². The molecule has 1 N–H and O–H groups in total. The minimum atomic E-state index is 0.407. The fourth-order valence-electron chi connectivity index (χ4n) is 1.63. The van der Waals surface area contributed by atoms with E-state index in [-0.39, 0.29) is 0 Å². The molecular formula is C13H16Cl2N4. The zero-order valence-corrected chi connectivity index (χ0v) is 12.4. The van der Waals surface area contributed by atoms with Crippen molar-refractivity contribution in [1.82, 2.24) is 20.1 Å². The molecule has 0 saturated heterocycles. The molecular weight excluding hydrogens is 283 g/mol. The van der Waals surface area contributed by atoms with Crippen LogP contribution in [-0.2, 0) is 13.1 Å². The molecule has 1 aromatic heterocycles. The van der Waals surface area contributed by atoms with E-state index in [1.54, 1.807) is 11.0 Å². The second kappa shape index (κ2) is 6.37. The van der Waals surface area contributed by atoms with Gasteiger partial charge in [-0.2, -0.15) is 5.10 Å². The molecule has 19 heavy (non-hydrogen) atoms. The average Bonchev–Trinajstić information content (AvgIpc) is 2.79. The molecule has 0 fully saturated rings. The van der Waals surface area contributed by atoms with Crippen molar-refractivity contribution >= 4 is 23.2 Å². The van der Waals surface area contributed by atoms with Crippen LogP contribution in [-0.4, -0.2) is 20.8 Å². The van der Waals surface area contributed by atoms with E-state index >= 15 is 0 Å². The molecule has 1 heterocycles. The standard InChI is InChI=1S/C13H16Cl2N4/c1-9(2)16-6-13-17-8-19(18-13)7-10-11(14)4-3-5-12(10)15/h3-5,8-9,16H,6-7H2,1-2H3. The summed E-state index contributed by atoms with van der Waals surface area (Å²) in [7, 11) is 0. The van der Waals surface area contributed by atoms with Crippen molar-refractivity contribution in [3.8, 4) is 0 Å². The van der Waals surface area contributed by atoms with Crippen molar-refractivity contribution in [3.05, 3.63) is 46.0 Å². The third kappa shape index (κ3) is 3.93. The summed E-state index contributed by atoms with van der Waals surface area (Å²) in [5, 5.41) is 8.94. The van der Waals surface area contributed by atoms with Gasteiger partial charge >= 0.3 is 0 Å². The third-order valence-corrected chi connectivity index (χ3v) is 3.34. The molecule has 0 amide bonds. The first-order valence-corrected chi connectivity index (χ1v) is 6.86. The van der Waals surface area contributed by atoms with Crippen molar-refractivity contribution in [1.29, 1.82) is 0 Å². The largest absolute Gasteiger partial charge is 0.308 e. The SMILES string of the molecule is CC(C)NCc1ncn(Cc2c(Cl)cccc2Cl)n1. The van der Waals surface area contributed by atoms with Crippen LogP contribution < -0.4 is 5.32 Å². The maximum atomic E-state index is 6.13. The zero-order valence-electron chi connectivity index (χ0n) is 10.9. The first-order valence-electron chi connectivity index (χ1n) is 6.11. The fourth-order valence-corrected chi connectivity index (χ4v) is 2.15. The van der Waals surface area contributed by atoms with Crippen LogP contribution in [0.2, 0.25) is 10.0 Å². The molecule has 4 nitrogen and oxygen atoms in total. The molecule has 0 atom stereocenters. The molecule has 0 aliphatic carbocycles. The van der Waals surface area contributed by atoms with Gasteiger partial charge in [0.25, 0.3) is 0 Å². The highest BCUT2D eigenvalue weighted by Crippen LogP contribution is 2.24. The smallest absolute Gasteiger partial charge is 0.164 e. The summed E-state index contributed by atoms with van der Waals surface area (Å²) in [6.45, 7) is 5.34. The van der Waals surface area contributed by atoms with E-state index in [1.165, 1.54) is 0 Å². The third-order valence-electron chi connectivity index (χ3n) is 2.63. The second-order valence-electron chi connectivity index (χ2n) is 4.59. The molecule has 0 saturated carbocycles. The van der Waals surface area contributed by atoms with Gasteiger partial charge in [-0.15, -0.1) is 0 Å². The Hall–Kier alpha value is -1.10. The Balaban J connectivity index is 2.07. The predicted octanol–water partition coefficient (Wildman–Crippen LogP) is 3.13. The molecule has 0 radical (unpaired) electrons. The topological polar surface area (TPSA) is 42.7 Å². The van der Waals surface area contributed by atoms with Crippen LogP contribution in [0.5, 0.6) is 0 Å². The average molecular weight is 299 g/mol. The normalized spacial score (nSPS) is 11.2. The highest BCUT2D eigenvalue weighted by molar-refractivity contribution is 6.35. The predicted molar refractivity (Wildman–Crippen MR) is 77.6 cm³/mol. The van der Waals surface area contributed by atoms with Gasteiger partial charge in [-0.1, -0.05) is 43.1 Å². The monoisotopic (exact) mass is 298 g/mol. The van der Waals surface area contributed by atoms with Gasteiger partial charge in [0.15, 0.2) is 5.82 Å². The molecule has 0 unspecified atom stereocenters. The van der Waals surface area contributed by atoms with Crippen LogP contribution in [0.25, 0.3) is 0 Å². The number of halogens is 2. The molecule has 0 bridgehead atoms. The Morgan fingerprint density at radius 1 is 1.26 bits per heavy atom. The minimum absolute atomic E-state index is 0.407. The van der Waals surface area contributed by atoms with Gasteiger partial charge in [-0.3, -0.25) is 0 Å². The van der Waals surface area contributed by atoms with Gasteiger partial charge < -0.3 is 5.32 Å². The van der Waals surface area contributed by atoms with Crippen LogP contribution in [0.15, 0.2) is 24.5 Å². The first-order chi connectivity index (χ1) is 9.06. The van der Waals surface area contributed by atoms with E-state index in [2.05, 4.69) is 29.2 Å². The molecule has 2 aromatic rings. The molecule has 2 rings (SSSR count). The molecule has 102 valence electrons. The van der Waals surface area contributed by atoms with Crippen LogP contribution in [0.1, 0.15) is 25.2 Å². The molecule has 0 spiro atoms. The number of aromatic nitrogens is 3. The minimum Gasteiger partial charge on any atom is -0.308 e. The van der Waals surface area contributed by atoms with Crippen molar-refractivity contribution < 1.29 is 0 Å². The summed E-state index contributed by atoms with van der Waals surface area (Å²) in [6, 6.07) is 5.87. The van der Waals surface area contributed by atoms with E-state index in [9.17, 15) is 0 Å². The second-order valence-corrected chi connectivity index (χ2v) is 5.41. The number of benzene rings is 1. The Morgan fingerprint density at radius 2 is 1.95 bits per heavy atom. The van der Waals surface area contributed by atoms with E-state index < -0.39 is 0 Å². The molecule has 1 aromatic carbocycles. The zero-order chi connectivity index (χ0) is 13.8. The summed E-state index contributed by atoms with van der Waals surface area (Å²) in [6.07, 6.45) is 1.69. The quantitative estimate of drug-likeness (QED) is 0.922. The summed E-state index contributed by atoms with van der Waals surface area (Å²) < 4.78 is 1.74. The highest BCUT2D eigenvalue weighted by Gasteiger charge is 2.08. The summed E-state index contributed by atoms with van der Waals surface area (Å²) in [5.74, 6) is 0.761. The number of nitrogens with one attached hydrogen (secondary N) is 1.